The molecule has 0 bridgehead atoms. The van der Waals surface area contributed by atoms with Crippen molar-refractivity contribution in [2.24, 2.45) is 5.92 Å². The third kappa shape index (κ3) is 6.61. The number of esters is 1. The van der Waals surface area contributed by atoms with Crippen molar-refractivity contribution in [3.05, 3.63) is 54.5 Å². The van der Waals surface area contributed by atoms with E-state index in [4.69, 9.17) is 24.3 Å². The fourth-order valence-corrected chi connectivity index (χ4v) is 6.66. The number of benzene rings is 1. The first-order valence-corrected chi connectivity index (χ1v) is 15.6. The van der Waals surface area contributed by atoms with Gasteiger partial charge in [0.2, 0.25) is 0 Å². The lowest BCUT2D eigenvalue weighted by molar-refractivity contribution is -0.152. The summed E-state index contributed by atoms with van der Waals surface area (Å²) in [6, 6.07) is 10.6. The SMILES string of the molecule is CCC(CC)C(C)OC(=O)[C@H](C)NP(=O)(OCC1O[C@@](C)(c2ccc3c(N)ncnn23)[C@H](O)[C@@H]1O)Oc1ccccc1. The van der Waals surface area contributed by atoms with Crippen LogP contribution in [0.3, 0.4) is 0 Å². The van der Waals surface area contributed by atoms with Gasteiger partial charge in [0.15, 0.2) is 5.82 Å². The number of rotatable bonds is 13. The molecule has 3 heterocycles. The van der Waals surface area contributed by atoms with Crippen LogP contribution in [-0.2, 0) is 29.0 Å². The molecule has 5 N–H and O–H groups in total. The average molecular weight is 606 g/mol. The highest BCUT2D eigenvalue weighted by Gasteiger charge is 2.54. The maximum absolute atomic E-state index is 14.0. The van der Waals surface area contributed by atoms with Crippen LogP contribution >= 0.6 is 7.75 Å². The van der Waals surface area contributed by atoms with E-state index in [1.807, 2.05) is 20.8 Å². The number of nitrogen functional groups attached to an aromatic ring is 1. The van der Waals surface area contributed by atoms with Gasteiger partial charge in [-0.3, -0.25) is 9.32 Å². The summed E-state index contributed by atoms with van der Waals surface area (Å²) >= 11 is 0. The van der Waals surface area contributed by atoms with E-state index < -0.39 is 50.3 Å². The van der Waals surface area contributed by atoms with Crippen LogP contribution in [0.2, 0.25) is 0 Å². The van der Waals surface area contributed by atoms with Crippen molar-refractivity contribution in [2.75, 3.05) is 12.3 Å². The first-order valence-electron chi connectivity index (χ1n) is 14.0. The van der Waals surface area contributed by atoms with E-state index in [1.54, 1.807) is 49.4 Å². The molecule has 42 heavy (non-hydrogen) atoms. The highest BCUT2D eigenvalue weighted by atomic mass is 31.2. The van der Waals surface area contributed by atoms with Crippen LogP contribution in [0.25, 0.3) is 5.52 Å². The number of nitrogens with two attached hydrogens (primary N) is 1. The molecule has 1 aliphatic heterocycles. The van der Waals surface area contributed by atoms with Crippen LogP contribution in [0, 0.1) is 5.92 Å². The maximum atomic E-state index is 14.0. The largest absolute Gasteiger partial charge is 0.461 e. The number of aliphatic hydroxyl groups excluding tert-OH is 2. The molecule has 7 atom stereocenters. The fraction of sp³-hybridized carbons (Fsp3) is 0.536. The van der Waals surface area contributed by atoms with E-state index in [9.17, 15) is 19.6 Å². The number of ether oxygens (including phenoxy) is 2. The Hall–Kier alpha value is -3.06. The number of aromatic nitrogens is 3. The van der Waals surface area contributed by atoms with Gasteiger partial charge in [-0.2, -0.15) is 10.2 Å². The van der Waals surface area contributed by atoms with Crippen molar-refractivity contribution in [1.82, 2.24) is 19.7 Å². The molecule has 1 aliphatic rings. The number of carbonyl (C=O) groups is 1. The Labute approximate surface area is 244 Å². The number of aliphatic hydroxyl groups is 2. The third-order valence-corrected chi connectivity index (χ3v) is 9.40. The highest BCUT2D eigenvalue weighted by molar-refractivity contribution is 7.52. The lowest BCUT2D eigenvalue weighted by atomic mass is 9.93. The summed E-state index contributed by atoms with van der Waals surface area (Å²) in [5.41, 5.74) is 5.44. The number of carbonyl (C=O) groups excluding carboxylic acids is 1. The lowest BCUT2D eigenvalue weighted by Crippen LogP contribution is -2.40. The molecule has 13 nitrogen and oxygen atoms in total. The van der Waals surface area contributed by atoms with E-state index in [-0.39, 0.29) is 23.6 Å². The minimum absolute atomic E-state index is 0.187. The first-order chi connectivity index (χ1) is 19.9. The number of nitrogens with one attached hydrogen (secondary N) is 1. The van der Waals surface area contributed by atoms with Crippen molar-refractivity contribution in [3.8, 4) is 5.75 Å². The monoisotopic (exact) mass is 605 g/mol. The molecular formula is C28H40N5O8P. The molecule has 1 saturated heterocycles. The molecule has 1 aromatic carbocycles. The number of hydrogen-bond donors (Lipinski definition) is 4. The number of nitrogens with zero attached hydrogens (tertiary/aromatic N) is 3. The first kappa shape index (κ1) is 31.9. The van der Waals surface area contributed by atoms with E-state index in [1.165, 1.54) is 17.8 Å². The van der Waals surface area contributed by atoms with Crippen molar-refractivity contribution in [3.63, 3.8) is 0 Å². The zero-order valence-electron chi connectivity index (χ0n) is 24.4. The Morgan fingerprint density at radius 2 is 1.88 bits per heavy atom. The second-order valence-electron chi connectivity index (χ2n) is 10.6. The molecule has 4 rings (SSSR count). The van der Waals surface area contributed by atoms with Crippen LogP contribution in [0.1, 0.15) is 53.2 Å². The predicted octanol–water partition coefficient (Wildman–Crippen LogP) is 3.20. The Balaban J connectivity index is 1.51. The van der Waals surface area contributed by atoms with Gasteiger partial charge in [0.1, 0.15) is 53.7 Å². The minimum atomic E-state index is -4.24. The Bertz CT molecular complexity index is 1400. The van der Waals surface area contributed by atoms with Crippen molar-refractivity contribution in [2.45, 2.75) is 83.5 Å². The lowest BCUT2D eigenvalue weighted by Gasteiger charge is -2.28. The molecule has 0 saturated carbocycles. The highest BCUT2D eigenvalue weighted by Crippen LogP contribution is 2.47. The normalized spacial score (nSPS) is 25.3. The summed E-state index contributed by atoms with van der Waals surface area (Å²) in [5.74, 6) is 0.0392. The van der Waals surface area contributed by atoms with E-state index in [0.717, 1.165) is 12.8 Å². The van der Waals surface area contributed by atoms with Crippen LogP contribution in [0.5, 0.6) is 5.75 Å². The number of para-hydroxylation sites is 1. The topological polar surface area (TPSA) is 180 Å². The van der Waals surface area contributed by atoms with Gasteiger partial charge in [-0.05, 0) is 63.8 Å². The molecule has 1 fully saturated rings. The molecule has 3 aromatic rings. The van der Waals surface area contributed by atoms with Gasteiger partial charge in [-0.25, -0.2) is 14.1 Å². The summed E-state index contributed by atoms with van der Waals surface area (Å²) < 4.78 is 38.6. The molecule has 0 amide bonds. The van der Waals surface area contributed by atoms with E-state index >= 15 is 0 Å². The van der Waals surface area contributed by atoms with Crippen LogP contribution in [0.4, 0.5) is 5.82 Å². The van der Waals surface area contributed by atoms with Gasteiger partial charge in [0, 0.05) is 0 Å². The van der Waals surface area contributed by atoms with Crippen molar-refractivity contribution >= 4 is 25.1 Å². The summed E-state index contributed by atoms with van der Waals surface area (Å²) in [6.45, 7) is 8.53. The summed E-state index contributed by atoms with van der Waals surface area (Å²) in [6.07, 6.45) is -1.32. The predicted molar refractivity (Wildman–Crippen MR) is 154 cm³/mol. The standard InChI is InChI=1S/C28H40N5O8P/c1-6-19(7-2)18(4)39-27(36)17(3)32-42(37,41-20-11-9-8-10-12-20)38-15-22-24(34)25(35)28(5,40-22)23-14-13-21-26(29)30-16-31-33(21)23/h8-14,16-19,22,24-25,34-35H,6-7,15H2,1-5H3,(H,32,37)(H2,29,30,31)/t17-,18?,22?,24+,25+,28-,42?/m0/s1. The number of hydrogen-bond acceptors (Lipinski definition) is 11. The van der Waals surface area contributed by atoms with Gasteiger partial charge in [0.05, 0.1) is 12.3 Å². The van der Waals surface area contributed by atoms with Crippen molar-refractivity contribution in [1.29, 1.82) is 0 Å². The number of anilines is 1. The summed E-state index contributed by atoms with van der Waals surface area (Å²) in [7, 11) is -4.24. The van der Waals surface area contributed by atoms with E-state index in [2.05, 4.69) is 15.2 Å². The Kier molecular flexibility index (Phi) is 9.92. The molecule has 0 radical (unpaired) electrons. The fourth-order valence-electron chi connectivity index (χ4n) is 5.16. The van der Waals surface area contributed by atoms with Crippen LogP contribution < -0.4 is 15.3 Å². The average Bonchev–Trinajstić information content (AvgIpc) is 3.50. The van der Waals surface area contributed by atoms with Gasteiger partial charge in [-0.1, -0.05) is 32.0 Å². The van der Waals surface area contributed by atoms with Gasteiger partial charge >= 0.3 is 13.7 Å². The second kappa shape index (κ2) is 13.1. The minimum Gasteiger partial charge on any atom is -0.461 e. The van der Waals surface area contributed by atoms with Gasteiger partial charge in [-0.15, -0.1) is 0 Å². The molecular weight excluding hydrogens is 565 g/mol. The smallest absolute Gasteiger partial charge is 0.459 e. The summed E-state index contributed by atoms with van der Waals surface area (Å²) in [5, 5.41) is 28.8. The van der Waals surface area contributed by atoms with E-state index in [0.29, 0.717) is 11.2 Å². The molecule has 0 aliphatic carbocycles. The molecule has 0 spiro atoms. The molecule has 3 unspecified atom stereocenters. The molecule has 2 aromatic heterocycles. The zero-order chi connectivity index (χ0) is 30.7. The van der Waals surface area contributed by atoms with Crippen LogP contribution in [-0.4, -0.2) is 67.8 Å². The zero-order valence-corrected chi connectivity index (χ0v) is 25.3. The maximum Gasteiger partial charge on any atom is 0.459 e. The Morgan fingerprint density at radius 3 is 2.55 bits per heavy atom. The third-order valence-electron chi connectivity index (χ3n) is 7.75. The Morgan fingerprint density at radius 1 is 1.19 bits per heavy atom. The number of fused-ring (bicyclic) bond motifs is 1. The van der Waals surface area contributed by atoms with Gasteiger partial charge in [0.25, 0.3) is 0 Å². The quantitative estimate of drug-likeness (QED) is 0.165. The van der Waals surface area contributed by atoms with Crippen LogP contribution in [0.15, 0.2) is 48.8 Å². The summed E-state index contributed by atoms with van der Waals surface area (Å²) in [4.78, 5) is 16.9. The molecule has 230 valence electrons. The van der Waals surface area contributed by atoms with Gasteiger partial charge < -0.3 is 29.9 Å². The van der Waals surface area contributed by atoms with Crippen molar-refractivity contribution < 1.29 is 38.1 Å². The molecule has 14 heteroatoms. The second-order valence-corrected chi connectivity index (χ2v) is 12.3.